The van der Waals surface area contributed by atoms with Crippen LogP contribution in [0.3, 0.4) is 0 Å². The van der Waals surface area contributed by atoms with Crippen molar-refractivity contribution in [2.24, 2.45) is 5.92 Å². The second kappa shape index (κ2) is 3.95. The van der Waals surface area contributed by atoms with Crippen molar-refractivity contribution in [1.82, 2.24) is 19.5 Å². The molecule has 0 radical (unpaired) electrons. The van der Waals surface area contributed by atoms with Gasteiger partial charge in [-0.15, -0.1) is 0 Å². The second-order valence-corrected chi connectivity index (χ2v) is 5.10. The quantitative estimate of drug-likeness (QED) is 0.634. The molecule has 2 N–H and O–H groups in total. The van der Waals surface area contributed by atoms with Crippen molar-refractivity contribution in [3.05, 3.63) is 23.1 Å². The fourth-order valence-corrected chi connectivity index (χ4v) is 2.72. The van der Waals surface area contributed by atoms with E-state index in [1.807, 2.05) is 6.92 Å². The molecule has 2 aromatic rings. The van der Waals surface area contributed by atoms with E-state index in [4.69, 9.17) is 17.3 Å². The molecular formula is C12H14ClN5. The van der Waals surface area contributed by atoms with E-state index in [1.54, 1.807) is 0 Å². The first-order valence-corrected chi connectivity index (χ1v) is 6.30. The van der Waals surface area contributed by atoms with Gasteiger partial charge in [0.25, 0.3) is 0 Å². The molecule has 0 spiro atoms. The number of halogens is 1. The fraction of sp³-hybridized carbons (Fsp3) is 0.417. The third kappa shape index (κ3) is 1.66. The molecule has 0 amide bonds. The van der Waals surface area contributed by atoms with Crippen LogP contribution in [0.2, 0.25) is 5.15 Å². The third-order valence-electron chi connectivity index (χ3n) is 3.30. The highest BCUT2D eigenvalue weighted by Gasteiger charge is 2.23. The van der Waals surface area contributed by atoms with Crippen LogP contribution in [-0.4, -0.2) is 19.5 Å². The largest absolute Gasteiger partial charge is 0.368 e. The fourth-order valence-electron chi connectivity index (χ4n) is 2.51. The number of aromatic nitrogens is 4. The Kier molecular flexibility index (Phi) is 2.52. The number of nitrogens with two attached hydrogens (primary N) is 1. The number of hydrogen-bond donors (Lipinski definition) is 1. The summed E-state index contributed by atoms with van der Waals surface area (Å²) < 4.78 is 2.08. The van der Waals surface area contributed by atoms with Gasteiger partial charge in [-0.25, -0.2) is 4.98 Å². The maximum atomic E-state index is 6.06. The van der Waals surface area contributed by atoms with Crippen molar-refractivity contribution in [2.75, 3.05) is 5.73 Å². The highest BCUT2D eigenvalue weighted by Crippen LogP contribution is 2.32. The number of fused-ring (bicyclic) bond motifs is 1. The van der Waals surface area contributed by atoms with E-state index < -0.39 is 0 Å². The summed E-state index contributed by atoms with van der Waals surface area (Å²) in [5, 5.41) is 0.314. The Morgan fingerprint density at radius 1 is 1.33 bits per heavy atom. The highest BCUT2D eigenvalue weighted by molar-refractivity contribution is 6.33. The molecule has 5 nitrogen and oxygen atoms in total. The monoisotopic (exact) mass is 263 g/mol. The van der Waals surface area contributed by atoms with Gasteiger partial charge < -0.3 is 10.3 Å². The van der Waals surface area contributed by atoms with Crippen LogP contribution < -0.4 is 5.73 Å². The van der Waals surface area contributed by atoms with Crippen molar-refractivity contribution in [1.29, 1.82) is 0 Å². The van der Waals surface area contributed by atoms with Crippen molar-refractivity contribution < 1.29 is 0 Å². The van der Waals surface area contributed by atoms with E-state index in [-0.39, 0.29) is 12.0 Å². The molecule has 1 unspecified atom stereocenters. The summed E-state index contributed by atoms with van der Waals surface area (Å²) in [6.07, 6.45) is 5.45. The normalized spacial score (nSPS) is 23.1. The van der Waals surface area contributed by atoms with E-state index in [9.17, 15) is 0 Å². The molecule has 0 saturated carbocycles. The minimum absolute atomic E-state index is 0.184. The van der Waals surface area contributed by atoms with Crippen molar-refractivity contribution >= 4 is 28.7 Å². The number of nitrogens with zero attached hydrogens (tertiary/aromatic N) is 4. The maximum Gasteiger partial charge on any atom is 0.223 e. The Labute approximate surface area is 110 Å². The molecule has 1 aliphatic carbocycles. The van der Waals surface area contributed by atoms with Gasteiger partial charge >= 0.3 is 0 Å². The lowest BCUT2D eigenvalue weighted by Crippen LogP contribution is -2.09. The Morgan fingerprint density at radius 2 is 2.11 bits per heavy atom. The highest BCUT2D eigenvalue weighted by atomic mass is 35.5. The molecule has 0 saturated heterocycles. The van der Waals surface area contributed by atoms with Crippen LogP contribution in [0.15, 0.2) is 12.2 Å². The van der Waals surface area contributed by atoms with Crippen molar-refractivity contribution in [3.8, 4) is 0 Å². The number of aryl methyl sites for hydroxylation is 1. The van der Waals surface area contributed by atoms with Crippen molar-refractivity contribution in [3.63, 3.8) is 0 Å². The molecule has 2 atom stereocenters. The third-order valence-corrected chi connectivity index (χ3v) is 3.56. The number of rotatable bonds is 1. The number of imidazole rings is 1. The molecule has 0 fully saturated rings. The minimum atomic E-state index is 0.184. The van der Waals surface area contributed by atoms with Gasteiger partial charge in [0.1, 0.15) is 11.3 Å². The van der Waals surface area contributed by atoms with Crippen LogP contribution in [0.25, 0.3) is 11.2 Å². The van der Waals surface area contributed by atoms with Gasteiger partial charge in [-0.05, 0) is 19.3 Å². The topological polar surface area (TPSA) is 69.6 Å². The number of hydrogen-bond acceptors (Lipinski definition) is 4. The van der Waals surface area contributed by atoms with Gasteiger partial charge in [0, 0.05) is 0 Å². The summed E-state index contributed by atoms with van der Waals surface area (Å²) in [5.74, 6) is 1.64. The summed E-state index contributed by atoms with van der Waals surface area (Å²) in [6.45, 7) is 4.15. The Balaban J connectivity index is 2.22. The Bertz CT molecular complexity index is 645. The molecule has 1 aliphatic rings. The average molecular weight is 264 g/mol. The molecule has 0 aliphatic heterocycles. The van der Waals surface area contributed by atoms with Crippen LogP contribution in [-0.2, 0) is 0 Å². The van der Waals surface area contributed by atoms with Crippen LogP contribution in [0.5, 0.6) is 0 Å². The summed E-state index contributed by atoms with van der Waals surface area (Å²) >= 11 is 6.06. The molecule has 3 rings (SSSR count). The van der Waals surface area contributed by atoms with Gasteiger partial charge in [-0.3, -0.25) is 0 Å². The number of anilines is 1. The standard InChI is InChI=1S/C12H14ClN5/c1-6-3-4-8(5-6)18-7(2)15-9-10(13)16-12(14)17-11(9)18/h3-4,6,8H,5H2,1-2H3,(H2,14,16,17)/t6-,8?/m0/s1. The van der Waals surface area contributed by atoms with Crippen molar-refractivity contribution in [2.45, 2.75) is 26.3 Å². The lowest BCUT2D eigenvalue weighted by Gasteiger charge is -2.13. The molecule has 6 heteroatoms. The summed E-state index contributed by atoms with van der Waals surface area (Å²) in [6, 6.07) is 0.273. The number of nitrogen functional groups attached to an aromatic ring is 1. The zero-order valence-electron chi connectivity index (χ0n) is 10.3. The van der Waals surface area contributed by atoms with E-state index in [1.165, 1.54) is 0 Å². The van der Waals surface area contributed by atoms with Gasteiger partial charge in [0.15, 0.2) is 10.8 Å². The van der Waals surface area contributed by atoms with Crippen LogP contribution in [0.4, 0.5) is 5.95 Å². The van der Waals surface area contributed by atoms with E-state index in [0.717, 1.165) is 12.2 Å². The Hall–Kier alpha value is -1.62. The molecule has 94 valence electrons. The van der Waals surface area contributed by atoms with Crippen LogP contribution in [0.1, 0.15) is 25.2 Å². The first-order valence-electron chi connectivity index (χ1n) is 5.92. The predicted molar refractivity (Wildman–Crippen MR) is 71.4 cm³/mol. The van der Waals surface area contributed by atoms with Crippen LogP contribution >= 0.6 is 11.6 Å². The average Bonchev–Trinajstić information content (AvgIpc) is 2.82. The summed E-state index contributed by atoms with van der Waals surface area (Å²) in [7, 11) is 0. The smallest absolute Gasteiger partial charge is 0.223 e. The SMILES string of the molecule is Cc1nc2c(Cl)nc(N)nc2n1C1C=C[C@H](C)C1. The van der Waals surface area contributed by atoms with Gasteiger partial charge in [-0.1, -0.05) is 30.7 Å². The zero-order chi connectivity index (χ0) is 12.9. The van der Waals surface area contributed by atoms with E-state index in [0.29, 0.717) is 22.2 Å². The predicted octanol–water partition coefficient (Wildman–Crippen LogP) is 2.51. The molecule has 0 bridgehead atoms. The van der Waals surface area contributed by atoms with E-state index >= 15 is 0 Å². The minimum Gasteiger partial charge on any atom is -0.368 e. The molecule has 2 aromatic heterocycles. The van der Waals surface area contributed by atoms with Crippen LogP contribution in [0, 0.1) is 12.8 Å². The zero-order valence-corrected chi connectivity index (χ0v) is 11.0. The Morgan fingerprint density at radius 3 is 2.78 bits per heavy atom. The number of allylic oxidation sites excluding steroid dienone is 2. The lowest BCUT2D eigenvalue weighted by atomic mass is 10.1. The lowest BCUT2D eigenvalue weighted by molar-refractivity contribution is 0.527. The molecule has 18 heavy (non-hydrogen) atoms. The maximum absolute atomic E-state index is 6.06. The summed E-state index contributed by atoms with van der Waals surface area (Å²) in [4.78, 5) is 12.7. The summed E-state index contributed by atoms with van der Waals surface area (Å²) in [5.41, 5.74) is 7.00. The molecular weight excluding hydrogens is 250 g/mol. The molecule has 0 aromatic carbocycles. The molecule has 2 heterocycles. The first-order chi connectivity index (χ1) is 8.56. The second-order valence-electron chi connectivity index (χ2n) is 4.74. The van der Waals surface area contributed by atoms with Gasteiger partial charge in [0.05, 0.1) is 6.04 Å². The van der Waals surface area contributed by atoms with E-state index in [2.05, 4.69) is 38.6 Å². The van der Waals surface area contributed by atoms with Gasteiger partial charge in [-0.2, -0.15) is 9.97 Å². The van der Waals surface area contributed by atoms with Gasteiger partial charge in [0.2, 0.25) is 5.95 Å². The first kappa shape index (κ1) is 11.5.